The molecule has 1 unspecified atom stereocenters. The Balaban J connectivity index is 2.24. The van der Waals surface area contributed by atoms with E-state index in [4.69, 9.17) is 4.74 Å². The summed E-state index contributed by atoms with van der Waals surface area (Å²) in [7, 11) is 3.55. The van der Waals surface area contributed by atoms with Gasteiger partial charge in [0.25, 0.3) is 0 Å². The molecule has 0 spiro atoms. The van der Waals surface area contributed by atoms with E-state index in [-0.39, 0.29) is 5.82 Å². The second-order valence-electron chi connectivity index (χ2n) is 5.52. The summed E-state index contributed by atoms with van der Waals surface area (Å²) in [5.41, 5.74) is 3.34. The number of aromatic nitrogens is 3. The number of fused-ring (bicyclic) bond motifs is 1. The first kappa shape index (κ1) is 13.8. The molecule has 1 atom stereocenters. The Labute approximate surface area is 123 Å². The van der Waals surface area contributed by atoms with E-state index in [2.05, 4.69) is 29.9 Å². The van der Waals surface area contributed by atoms with Crippen molar-refractivity contribution in [2.24, 2.45) is 13.0 Å². The van der Waals surface area contributed by atoms with E-state index in [0.717, 1.165) is 29.2 Å². The number of rotatable bonds is 2. The number of pyridine rings is 1. The Morgan fingerprint density at radius 2 is 2.19 bits per heavy atom. The van der Waals surface area contributed by atoms with Crippen molar-refractivity contribution in [1.29, 1.82) is 0 Å². The van der Waals surface area contributed by atoms with Crippen LogP contribution in [0.5, 0.6) is 0 Å². The summed E-state index contributed by atoms with van der Waals surface area (Å²) in [5.74, 6) is 1.76. The third kappa shape index (κ3) is 2.22. The molecule has 110 valence electrons. The number of hydrogen-bond donors (Lipinski definition) is 0. The van der Waals surface area contributed by atoms with E-state index in [1.54, 1.807) is 7.11 Å². The molecular formula is C16H18FN3O. The highest BCUT2D eigenvalue weighted by Crippen LogP contribution is 2.35. The fraction of sp³-hybridized carbons (Fsp3) is 0.375. The van der Waals surface area contributed by atoms with E-state index in [0.29, 0.717) is 17.1 Å². The van der Waals surface area contributed by atoms with Crippen molar-refractivity contribution >= 4 is 16.7 Å². The molecule has 0 radical (unpaired) electrons. The molecule has 21 heavy (non-hydrogen) atoms. The van der Waals surface area contributed by atoms with Crippen molar-refractivity contribution in [2.45, 2.75) is 20.3 Å². The lowest BCUT2D eigenvalue weighted by molar-refractivity contribution is 0.269. The summed E-state index contributed by atoms with van der Waals surface area (Å²) in [6.45, 7) is 4.21. The molecule has 0 saturated heterocycles. The normalized spacial score (nSPS) is 19.1. The van der Waals surface area contributed by atoms with Gasteiger partial charge in [0, 0.05) is 19.5 Å². The number of methoxy groups -OCH3 is 1. The highest BCUT2D eigenvalue weighted by atomic mass is 19.1. The van der Waals surface area contributed by atoms with E-state index in [1.807, 2.05) is 11.6 Å². The smallest absolute Gasteiger partial charge is 0.178 e. The zero-order valence-electron chi connectivity index (χ0n) is 12.6. The van der Waals surface area contributed by atoms with Gasteiger partial charge in [-0.2, -0.15) is 0 Å². The van der Waals surface area contributed by atoms with Gasteiger partial charge >= 0.3 is 0 Å². The summed E-state index contributed by atoms with van der Waals surface area (Å²) < 4.78 is 20.8. The summed E-state index contributed by atoms with van der Waals surface area (Å²) >= 11 is 0. The molecule has 2 heterocycles. The Bertz CT molecular complexity index is 773. The predicted octanol–water partition coefficient (Wildman–Crippen LogP) is 3.45. The monoisotopic (exact) mass is 287 g/mol. The number of allylic oxidation sites excluding steroid dienone is 4. The molecule has 2 aromatic heterocycles. The maximum Gasteiger partial charge on any atom is 0.178 e. The number of hydrogen-bond acceptors (Lipinski definition) is 3. The van der Waals surface area contributed by atoms with Crippen molar-refractivity contribution in [3.05, 3.63) is 41.3 Å². The summed E-state index contributed by atoms with van der Waals surface area (Å²) in [6.07, 6.45) is 4.25. The molecule has 0 N–H and O–H groups in total. The van der Waals surface area contributed by atoms with Crippen molar-refractivity contribution in [3.8, 4) is 0 Å². The zero-order valence-corrected chi connectivity index (χ0v) is 12.6. The maximum absolute atomic E-state index is 13.4. The van der Waals surface area contributed by atoms with Gasteiger partial charge in [0.15, 0.2) is 5.65 Å². The fourth-order valence-corrected chi connectivity index (χ4v) is 2.94. The molecule has 0 aromatic carbocycles. The van der Waals surface area contributed by atoms with Gasteiger partial charge < -0.3 is 9.30 Å². The highest BCUT2D eigenvalue weighted by Gasteiger charge is 2.24. The quantitative estimate of drug-likeness (QED) is 0.849. The fourth-order valence-electron chi connectivity index (χ4n) is 2.94. The lowest BCUT2D eigenvalue weighted by Gasteiger charge is -2.22. The lowest BCUT2D eigenvalue weighted by Crippen LogP contribution is -2.10. The van der Waals surface area contributed by atoms with Crippen LogP contribution in [0.3, 0.4) is 0 Å². The first-order chi connectivity index (χ1) is 10.0. The second-order valence-corrected chi connectivity index (χ2v) is 5.52. The van der Waals surface area contributed by atoms with Crippen LogP contribution in [0.4, 0.5) is 4.39 Å². The largest absolute Gasteiger partial charge is 0.500 e. The lowest BCUT2D eigenvalue weighted by atomic mass is 9.90. The van der Waals surface area contributed by atoms with Crippen LogP contribution in [0, 0.1) is 11.7 Å². The Morgan fingerprint density at radius 1 is 1.43 bits per heavy atom. The molecule has 0 aliphatic heterocycles. The van der Waals surface area contributed by atoms with Crippen LogP contribution >= 0.6 is 0 Å². The van der Waals surface area contributed by atoms with Crippen LogP contribution in [0.2, 0.25) is 0 Å². The zero-order chi connectivity index (χ0) is 15.1. The van der Waals surface area contributed by atoms with Crippen LogP contribution in [0.25, 0.3) is 16.7 Å². The predicted molar refractivity (Wildman–Crippen MR) is 79.9 cm³/mol. The second kappa shape index (κ2) is 4.98. The first-order valence-electron chi connectivity index (χ1n) is 6.95. The highest BCUT2D eigenvalue weighted by molar-refractivity contribution is 5.83. The van der Waals surface area contributed by atoms with Crippen LogP contribution in [-0.2, 0) is 11.8 Å². The van der Waals surface area contributed by atoms with Crippen LogP contribution in [-0.4, -0.2) is 21.6 Å². The van der Waals surface area contributed by atoms with Gasteiger partial charge in [-0.3, -0.25) is 0 Å². The topological polar surface area (TPSA) is 39.9 Å². The molecule has 4 nitrogen and oxygen atoms in total. The van der Waals surface area contributed by atoms with Crippen molar-refractivity contribution in [1.82, 2.24) is 14.5 Å². The molecule has 3 rings (SSSR count). The van der Waals surface area contributed by atoms with E-state index < -0.39 is 0 Å². The number of imidazole rings is 1. The number of aryl methyl sites for hydroxylation is 1. The minimum absolute atomic E-state index is 0.359. The Morgan fingerprint density at radius 3 is 2.90 bits per heavy atom. The van der Waals surface area contributed by atoms with Gasteiger partial charge in [-0.25, -0.2) is 14.4 Å². The minimum Gasteiger partial charge on any atom is -0.500 e. The maximum atomic E-state index is 13.4. The molecule has 0 amide bonds. The molecule has 0 bridgehead atoms. The molecule has 5 heteroatoms. The third-order valence-corrected chi connectivity index (χ3v) is 3.89. The van der Waals surface area contributed by atoms with Gasteiger partial charge in [0.1, 0.15) is 17.4 Å². The number of nitrogens with zero attached hydrogens (tertiary/aromatic N) is 3. The standard InChI is InChI=1S/C16H18FN3O/c1-9-5-10(2)14(13(6-9)21-4)16-19-15-12(20(16)3)7-11(17)8-18-15/h5,7-9H,6H2,1-4H3. The average Bonchev–Trinajstić information content (AvgIpc) is 2.75. The first-order valence-corrected chi connectivity index (χ1v) is 6.95. The van der Waals surface area contributed by atoms with Crippen LogP contribution in [0.1, 0.15) is 26.1 Å². The molecule has 2 aromatic rings. The van der Waals surface area contributed by atoms with Crippen LogP contribution in [0.15, 0.2) is 29.7 Å². The third-order valence-electron chi connectivity index (χ3n) is 3.89. The summed E-state index contributed by atoms with van der Waals surface area (Å²) in [6, 6.07) is 1.45. The van der Waals surface area contributed by atoms with Gasteiger partial charge in [0.2, 0.25) is 0 Å². The summed E-state index contributed by atoms with van der Waals surface area (Å²) in [5, 5.41) is 0. The minimum atomic E-state index is -0.359. The molecule has 1 aliphatic rings. The van der Waals surface area contributed by atoms with Gasteiger partial charge in [-0.1, -0.05) is 13.0 Å². The van der Waals surface area contributed by atoms with Gasteiger partial charge in [-0.05, 0) is 18.4 Å². The van der Waals surface area contributed by atoms with Crippen LogP contribution < -0.4 is 0 Å². The summed E-state index contributed by atoms with van der Waals surface area (Å²) in [4.78, 5) is 8.62. The van der Waals surface area contributed by atoms with Crippen molar-refractivity contribution in [2.75, 3.05) is 7.11 Å². The number of halogens is 1. The van der Waals surface area contributed by atoms with Crippen molar-refractivity contribution < 1.29 is 9.13 Å². The van der Waals surface area contributed by atoms with Crippen molar-refractivity contribution in [3.63, 3.8) is 0 Å². The molecule has 1 aliphatic carbocycles. The van der Waals surface area contributed by atoms with Gasteiger partial charge in [-0.15, -0.1) is 0 Å². The average molecular weight is 287 g/mol. The van der Waals surface area contributed by atoms with Gasteiger partial charge in [0.05, 0.1) is 24.4 Å². The Kier molecular flexibility index (Phi) is 3.27. The van der Waals surface area contributed by atoms with E-state index >= 15 is 0 Å². The molecule has 0 fully saturated rings. The molecule has 0 saturated carbocycles. The van der Waals surface area contributed by atoms with E-state index in [1.165, 1.54) is 12.3 Å². The molecular weight excluding hydrogens is 269 g/mol. The number of ether oxygens (including phenoxy) is 1. The van der Waals surface area contributed by atoms with E-state index in [9.17, 15) is 4.39 Å². The Hall–Kier alpha value is -2.17. The SMILES string of the molecule is COC1=C(c2nc3ncc(F)cc3n2C)C(C)=CC(C)C1.